The summed E-state index contributed by atoms with van der Waals surface area (Å²) in [6, 6.07) is 4.91. The van der Waals surface area contributed by atoms with Crippen molar-refractivity contribution in [3.63, 3.8) is 0 Å². The van der Waals surface area contributed by atoms with E-state index in [2.05, 4.69) is 36.3 Å². The summed E-state index contributed by atoms with van der Waals surface area (Å²) in [7, 11) is 0. The monoisotopic (exact) mass is 254 g/mol. The summed E-state index contributed by atoms with van der Waals surface area (Å²) < 4.78 is 5.81. The second-order valence-electron chi connectivity index (χ2n) is 4.95. The lowest BCUT2D eigenvalue weighted by molar-refractivity contribution is -0.0494. The average Bonchev–Trinajstić information content (AvgIpc) is 2.82. The molecule has 2 atom stereocenters. The minimum atomic E-state index is 0.107. The van der Waals surface area contributed by atoms with Crippen LogP contribution in [0.25, 0.3) is 0 Å². The zero-order valence-electron chi connectivity index (χ0n) is 10.6. The molecule has 1 aliphatic heterocycles. The van der Waals surface area contributed by atoms with Gasteiger partial charge in [0, 0.05) is 30.1 Å². The van der Waals surface area contributed by atoms with Crippen LogP contribution in [0.15, 0.2) is 17.5 Å². The van der Waals surface area contributed by atoms with Crippen LogP contribution in [0.5, 0.6) is 0 Å². The van der Waals surface area contributed by atoms with Gasteiger partial charge in [-0.2, -0.15) is 0 Å². The predicted octanol–water partition coefficient (Wildman–Crippen LogP) is 1.73. The van der Waals surface area contributed by atoms with Gasteiger partial charge < -0.3 is 10.5 Å². The lowest BCUT2D eigenvalue weighted by Crippen LogP contribution is -2.53. The van der Waals surface area contributed by atoms with Gasteiger partial charge in [-0.25, -0.2) is 0 Å². The second kappa shape index (κ2) is 5.96. The smallest absolute Gasteiger partial charge is 0.0856 e. The summed E-state index contributed by atoms with van der Waals surface area (Å²) in [5.74, 6) is 0. The molecule has 2 rings (SSSR count). The maximum absolute atomic E-state index is 6.26. The number of ether oxygens (including phenoxy) is 1. The first-order chi connectivity index (χ1) is 8.16. The van der Waals surface area contributed by atoms with E-state index in [-0.39, 0.29) is 12.1 Å². The van der Waals surface area contributed by atoms with Crippen LogP contribution in [-0.4, -0.2) is 42.8 Å². The van der Waals surface area contributed by atoms with E-state index in [0.717, 1.165) is 26.1 Å². The summed E-state index contributed by atoms with van der Waals surface area (Å²) in [6.45, 7) is 7.26. The van der Waals surface area contributed by atoms with Gasteiger partial charge in [0.2, 0.25) is 0 Å². The van der Waals surface area contributed by atoms with Gasteiger partial charge in [0.25, 0.3) is 0 Å². The summed E-state index contributed by atoms with van der Waals surface area (Å²) in [4.78, 5) is 3.80. The largest absolute Gasteiger partial charge is 0.374 e. The molecule has 2 heterocycles. The number of hydrogen-bond acceptors (Lipinski definition) is 4. The summed E-state index contributed by atoms with van der Waals surface area (Å²) in [5, 5.41) is 2.10. The van der Waals surface area contributed by atoms with Crippen molar-refractivity contribution in [1.29, 1.82) is 0 Å². The number of rotatable bonds is 4. The van der Waals surface area contributed by atoms with Gasteiger partial charge in [0.1, 0.15) is 0 Å². The van der Waals surface area contributed by atoms with Crippen LogP contribution in [0.3, 0.4) is 0 Å². The third kappa shape index (κ3) is 3.52. The van der Waals surface area contributed by atoms with Gasteiger partial charge >= 0.3 is 0 Å². The molecule has 2 unspecified atom stereocenters. The Balaban J connectivity index is 1.88. The maximum Gasteiger partial charge on any atom is 0.0856 e. The number of morpholine rings is 1. The normalized spacial score (nSPS) is 24.1. The van der Waals surface area contributed by atoms with E-state index in [0.29, 0.717) is 6.04 Å². The molecule has 0 amide bonds. The fraction of sp³-hybridized carbons (Fsp3) is 0.692. The summed E-state index contributed by atoms with van der Waals surface area (Å²) in [5.41, 5.74) is 6.26. The van der Waals surface area contributed by atoms with Crippen LogP contribution in [0.4, 0.5) is 0 Å². The molecule has 1 aromatic rings. The number of nitrogens with two attached hydrogens (primary N) is 1. The Morgan fingerprint density at radius 2 is 2.41 bits per heavy atom. The molecule has 0 bridgehead atoms. The van der Waals surface area contributed by atoms with Crippen molar-refractivity contribution in [2.45, 2.75) is 38.5 Å². The highest BCUT2D eigenvalue weighted by Crippen LogP contribution is 2.16. The van der Waals surface area contributed by atoms with Crippen LogP contribution in [0, 0.1) is 0 Å². The molecule has 4 heteroatoms. The molecule has 3 nitrogen and oxygen atoms in total. The molecule has 1 saturated heterocycles. The van der Waals surface area contributed by atoms with E-state index in [1.165, 1.54) is 4.88 Å². The standard InChI is InChI=1S/C13H22N2OS/c1-10(2)15-5-6-16-13(9-15)12(14)8-11-4-3-7-17-11/h3-4,7,10,12-13H,5-6,8-9,14H2,1-2H3. The van der Waals surface area contributed by atoms with Crippen molar-refractivity contribution in [1.82, 2.24) is 4.90 Å². The van der Waals surface area contributed by atoms with Crippen LogP contribution in [0.2, 0.25) is 0 Å². The summed E-state index contributed by atoms with van der Waals surface area (Å²) in [6.07, 6.45) is 1.10. The highest BCUT2D eigenvalue weighted by atomic mass is 32.1. The molecular weight excluding hydrogens is 232 g/mol. The Morgan fingerprint density at radius 3 is 3.06 bits per heavy atom. The first-order valence-corrected chi connectivity index (χ1v) is 7.18. The molecule has 1 aromatic heterocycles. The number of hydrogen-bond donors (Lipinski definition) is 1. The van der Waals surface area contributed by atoms with Crippen LogP contribution >= 0.6 is 11.3 Å². The topological polar surface area (TPSA) is 38.5 Å². The third-order valence-corrected chi connectivity index (χ3v) is 4.25. The third-order valence-electron chi connectivity index (χ3n) is 3.35. The van der Waals surface area contributed by atoms with Gasteiger partial charge in [0.05, 0.1) is 12.7 Å². The minimum absolute atomic E-state index is 0.107. The molecule has 0 aliphatic carbocycles. The van der Waals surface area contributed by atoms with Gasteiger partial charge in [-0.15, -0.1) is 11.3 Å². The molecule has 1 aliphatic rings. The molecule has 0 aromatic carbocycles. The SMILES string of the molecule is CC(C)N1CCOC(C(N)Cc2cccs2)C1. The lowest BCUT2D eigenvalue weighted by Gasteiger charge is -2.37. The van der Waals surface area contributed by atoms with Crippen molar-refractivity contribution in [3.05, 3.63) is 22.4 Å². The quantitative estimate of drug-likeness (QED) is 0.889. The fourth-order valence-corrected chi connectivity index (χ4v) is 2.99. The van der Waals surface area contributed by atoms with E-state index in [9.17, 15) is 0 Å². The Bertz CT molecular complexity index is 326. The number of thiophene rings is 1. The van der Waals surface area contributed by atoms with E-state index in [1.54, 1.807) is 11.3 Å². The predicted molar refractivity (Wildman–Crippen MR) is 72.4 cm³/mol. The van der Waals surface area contributed by atoms with Crippen LogP contribution in [0.1, 0.15) is 18.7 Å². The molecule has 2 N–H and O–H groups in total. The zero-order chi connectivity index (χ0) is 12.3. The Kier molecular flexibility index (Phi) is 4.56. The Morgan fingerprint density at radius 1 is 1.59 bits per heavy atom. The number of nitrogens with zero attached hydrogens (tertiary/aromatic N) is 1. The highest BCUT2D eigenvalue weighted by Gasteiger charge is 2.27. The van der Waals surface area contributed by atoms with E-state index >= 15 is 0 Å². The highest BCUT2D eigenvalue weighted by molar-refractivity contribution is 7.09. The Labute approximate surface area is 108 Å². The van der Waals surface area contributed by atoms with E-state index in [4.69, 9.17) is 10.5 Å². The van der Waals surface area contributed by atoms with E-state index < -0.39 is 0 Å². The minimum Gasteiger partial charge on any atom is -0.374 e. The van der Waals surface area contributed by atoms with Crippen molar-refractivity contribution in [2.75, 3.05) is 19.7 Å². The average molecular weight is 254 g/mol. The fourth-order valence-electron chi connectivity index (χ4n) is 2.22. The summed E-state index contributed by atoms with van der Waals surface area (Å²) >= 11 is 1.77. The van der Waals surface area contributed by atoms with Gasteiger partial charge in [0.15, 0.2) is 0 Å². The van der Waals surface area contributed by atoms with Crippen molar-refractivity contribution in [3.8, 4) is 0 Å². The molecule has 1 fully saturated rings. The van der Waals surface area contributed by atoms with Crippen LogP contribution < -0.4 is 5.73 Å². The van der Waals surface area contributed by atoms with Crippen molar-refractivity contribution >= 4 is 11.3 Å². The van der Waals surface area contributed by atoms with Crippen molar-refractivity contribution in [2.24, 2.45) is 5.73 Å². The molecule has 0 saturated carbocycles. The first kappa shape index (κ1) is 13.0. The van der Waals surface area contributed by atoms with Gasteiger partial charge in [-0.1, -0.05) is 6.07 Å². The van der Waals surface area contributed by atoms with Gasteiger partial charge in [-0.3, -0.25) is 4.90 Å². The molecule has 17 heavy (non-hydrogen) atoms. The Hall–Kier alpha value is -0.420. The lowest BCUT2D eigenvalue weighted by atomic mass is 10.0. The first-order valence-electron chi connectivity index (χ1n) is 6.30. The molecule has 0 spiro atoms. The second-order valence-corrected chi connectivity index (χ2v) is 5.98. The van der Waals surface area contributed by atoms with Crippen molar-refractivity contribution < 1.29 is 4.74 Å². The van der Waals surface area contributed by atoms with E-state index in [1.807, 2.05) is 0 Å². The molecular formula is C13H22N2OS. The van der Waals surface area contributed by atoms with Crippen LogP contribution in [-0.2, 0) is 11.2 Å². The zero-order valence-corrected chi connectivity index (χ0v) is 11.5. The molecule has 0 radical (unpaired) electrons. The van der Waals surface area contributed by atoms with Gasteiger partial charge in [-0.05, 0) is 31.7 Å². The molecule has 96 valence electrons. The maximum atomic E-state index is 6.26.